The molecule has 0 fully saturated rings. The molecule has 0 atom stereocenters. The van der Waals surface area contributed by atoms with Crippen LogP contribution in [-0.2, 0) is 13.3 Å². The van der Waals surface area contributed by atoms with Gasteiger partial charge in [-0.1, -0.05) is 0 Å². The number of hydrogen-bond donors (Lipinski definition) is 0. The number of rotatable bonds is 8. The smallest absolute Gasteiger partial charge is 0.377 e. The molecule has 0 aromatic rings. The summed E-state index contributed by atoms with van der Waals surface area (Å²) in [7, 11) is 1.89. The van der Waals surface area contributed by atoms with E-state index in [0.717, 1.165) is 0 Å². The summed E-state index contributed by atoms with van der Waals surface area (Å²) >= 11 is 0. The van der Waals surface area contributed by atoms with Crippen molar-refractivity contribution in [2.24, 2.45) is 4.99 Å². The molecule has 17 heavy (non-hydrogen) atoms. The molecule has 0 aromatic carbocycles. The Kier molecular flexibility index (Phi) is 7.60. The molecular formula is C9H18F3NO3Si. The van der Waals surface area contributed by atoms with Gasteiger partial charge in [0.25, 0.3) is 0 Å². The fourth-order valence-electron chi connectivity index (χ4n) is 1.23. The fraction of sp³-hybridized carbons (Fsp3) is 0.889. The van der Waals surface area contributed by atoms with E-state index in [0.29, 0.717) is 18.9 Å². The maximum absolute atomic E-state index is 11.8. The van der Waals surface area contributed by atoms with E-state index >= 15 is 0 Å². The highest BCUT2D eigenvalue weighted by Gasteiger charge is 2.36. The maximum atomic E-state index is 11.8. The van der Waals surface area contributed by atoms with E-state index < -0.39 is 21.5 Å². The largest absolute Gasteiger partial charge is 0.500 e. The van der Waals surface area contributed by atoms with Gasteiger partial charge in [0.15, 0.2) is 0 Å². The topological polar surface area (TPSA) is 40.0 Å². The first-order valence-electron chi connectivity index (χ1n) is 5.09. The molecule has 0 aliphatic carbocycles. The molecule has 0 heterocycles. The van der Waals surface area contributed by atoms with Crippen LogP contribution < -0.4 is 0 Å². The maximum Gasteiger partial charge on any atom is 0.500 e. The van der Waals surface area contributed by atoms with Crippen molar-refractivity contribution < 1.29 is 26.4 Å². The lowest BCUT2D eigenvalue weighted by atomic mass is 10.4. The lowest BCUT2D eigenvalue weighted by Crippen LogP contribution is -2.42. The SMILES string of the molecule is CO[Si](CCC/C=N/CC(F)(F)F)(OC)OC. The highest BCUT2D eigenvalue weighted by atomic mass is 28.4. The molecule has 102 valence electrons. The average Bonchev–Trinajstić information content (AvgIpc) is 2.28. The summed E-state index contributed by atoms with van der Waals surface area (Å²) in [5.74, 6) is 0. The lowest BCUT2D eigenvalue weighted by molar-refractivity contribution is -0.118. The average molecular weight is 273 g/mol. The number of alkyl halides is 3. The molecule has 8 heteroatoms. The molecule has 0 saturated carbocycles. The van der Waals surface area contributed by atoms with Gasteiger partial charge in [0, 0.05) is 27.4 Å². The fourth-order valence-corrected chi connectivity index (χ4v) is 2.97. The quantitative estimate of drug-likeness (QED) is 0.387. The van der Waals surface area contributed by atoms with Crippen molar-refractivity contribution in [2.45, 2.75) is 25.1 Å². The van der Waals surface area contributed by atoms with E-state index in [1.807, 2.05) is 0 Å². The Morgan fingerprint density at radius 1 is 1.12 bits per heavy atom. The van der Waals surface area contributed by atoms with Crippen LogP contribution in [0.2, 0.25) is 6.04 Å². The van der Waals surface area contributed by atoms with Gasteiger partial charge in [0.1, 0.15) is 6.54 Å². The van der Waals surface area contributed by atoms with Crippen molar-refractivity contribution in [1.29, 1.82) is 0 Å². The number of unbranched alkanes of at least 4 members (excludes halogenated alkanes) is 1. The molecular weight excluding hydrogens is 255 g/mol. The zero-order chi connectivity index (χ0) is 13.4. The molecule has 0 aliphatic rings. The van der Waals surface area contributed by atoms with Crippen LogP contribution in [0.15, 0.2) is 4.99 Å². The Morgan fingerprint density at radius 3 is 2.06 bits per heavy atom. The van der Waals surface area contributed by atoms with Gasteiger partial charge in [0.05, 0.1) is 0 Å². The summed E-state index contributed by atoms with van der Waals surface area (Å²) in [5.41, 5.74) is 0. The van der Waals surface area contributed by atoms with Crippen LogP contribution in [0.25, 0.3) is 0 Å². The third-order valence-electron chi connectivity index (χ3n) is 2.15. The molecule has 0 spiro atoms. The summed E-state index contributed by atoms with van der Waals surface area (Å²) in [4.78, 5) is 3.28. The monoisotopic (exact) mass is 273 g/mol. The Labute approximate surface area is 100 Å². The molecule has 0 radical (unpaired) electrons. The second-order valence-electron chi connectivity index (χ2n) is 3.33. The summed E-state index contributed by atoms with van der Waals surface area (Å²) in [6, 6.07) is 0.550. The number of aliphatic imine (C=N–C) groups is 1. The molecule has 0 rings (SSSR count). The molecule has 0 amide bonds. The van der Waals surface area contributed by atoms with E-state index in [-0.39, 0.29) is 0 Å². The van der Waals surface area contributed by atoms with Crippen LogP contribution in [-0.4, -0.2) is 49.1 Å². The van der Waals surface area contributed by atoms with Gasteiger partial charge in [-0.15, -0.1) is 0 Å². The number of hydrogen-bond acceptors (Lipinski definition) is 4. The summed E-state index contributed by atoms with van der Waals surface area (Å²) in [6.07, 6.45) is -1.90. The van der Waals surface area contributed by atoms with Gasteiger partial charge < -0.3 is 13.3 Å². The van der Waals surface area contributed by atoms with Crippen molar-refractivity contribution in [3.8, 4) is 0 Å². The van der Waals surface area contributed by atoms with Crippen LogP contribution in [0.1, 0.15) is 12.8 Å². The third kappa shape index (κ3) is 7.48. The predicted octanol–water partition coefficient (Wildman–Crippen LogP) is 2.28. The molecule has 0 unspecified atom stereocenters. The lowest BCUT2D eigenvalue weighted by Gasteiger charge is -2.23. The molecule has 4 nitrogen and oxygen atoms in total. The molecule has 0 aliphatic heterocycles. The van der Waals surface area contributed by atoms with E-state index in [1.165, 1.54) is 27.5 Å². The Hall–Kier alpha value is -0.443. The van der Waals surface area contributed by atoms with Crippen LogP contribution >= 0.6 is 0 Å². The first-order valence-corrected chi connectivity index (χ1v) is 7.03. The normalized spacial score (nSPS) is 13.5. The molecule has 0 bridgehead atoms. The molecule has 0 N–H and O–H groups in total. The summed E-state index contributed by atoms with van der Waals surface area (Å²) in [6.45, 7) is -1.13. The summed E-state index contributed by atoms with van der Waals surface area (Å²) < 4.78 is 50.8. The van der Waals surface area contributed by atoms with Gasteiger partial charge >= 0.3 is 15.0 Å². The Morgan fingerprint density at radius 2 is 1.65 bits per heavy atom. The van der Waals surface area contributed by atoms with Crippen LogP contribution in [0, 0.1) is 0 Å². The van der Waals surface area contributed by atoms with E-state index in [2.05, 4.69) is 4.99 Å². The van der Waals surface area contributed by atoms with E-state index in [1.54, 1.807) is 0 Å². The van der Waals surface area contributed by atoms with Crippen molar-refractivity contribution in [2.75, 3.05) is 27.9 Å². The van der Waals surface area contributed by atoms with Crippen LogP contribution in [0.4, 0.5) is 13.2 Å². The first kappa shape index (κ1) is 16.6. The second kappa shape index (κ2) is 7.80. The highest BCUT2D eigenvalue weighted by molar-refractivity contribution is 6.60. The Bertz CT molecular complexity index is 224. The van der Waals surface area contributed by atoms with Gasteiger partial charge in [-0.3, -0.25) is 4.99 Å². The molecule has 0 aromatic heterocycles. The summed E-state index contributed by atoms with van der Waals surface area (Å²) in [5, 5.41) is 0. The van der Waals surface area contributed by atoms with Gasteiger partial charge in [-0.25, -0.2) is 0 Å². The van der Waals surface area contributed by atoms with E-state index in [9.17, 15) is 13.2 Å². The third-order valence-corrected chi connectivity index (χ3v) is 4.98. The number of halogens is 3. The van der Waals surface area contributed by atoms with Crippen molar-refractivity contribution in [3.63, 3.8) is 0 Å². The van der Waals surface area contributed by atoms with E-state index in [4.69, 9.17) is 13.3 Å². The van der Waals surface area contributed by atoms with Crippen molar-refractivity contribution in [3.05, 3.63) is 0 Å². The zero-order valence-corrected chi connectivity index (χ0v) is 11.2. The zero-order valence-electron chi connectivity index (χ0n) is 10.2. The van der Waals surface area contributed by atoms with Gasteiger partial charge in [-0.05, 0) is 19.1 Å². The predicted molar refractivity (Wildman–Crippen MR) is 60.2 cm³/mol. The minimum absolute atomic E-state index is 0.445. The minimum atomic E-state index is -4.24. The Balaban J connectivity index is 3.83. The first-order chi connectivity index (χ1) is 7.89. The van der Waals surface area contributed by atoms with Gasteiger partial charge in [0.2, 0.25) is 0 Å². The number of nitrogens with zero attached hydrogens (tertiary/aromatic N) is 1. The van der Waals surface area contributed by atoms with Crippen LogP contribution in [0.5, 0.6) is 0 Å². The van der Waals surface area contributed by atoms with Crippen LogP contribution in [0.3, 0.4) is 0 Å². The standard InChI is InChI=1S/C9H18F3NO3Si/c1-14-17(15-2,16-3)7-5-4-6-13-8-9(10,11)12/h6H,4-5,7-8H2,1-3H3/b13-6+. The van der Waals surface area contributed by atoms with Crippen molar-refractivity contribution >= 4 is 15.0 Å². The highest BCUT2D eigenvalue weighted by Crippen LogP contribution is 2.16. The minimum Gasteiger partial charge on any atom is -0.377 e. The molecule has 0 saturated heterocycles. The van der Waals surface area contributed by atoms with Crippen molar-refractivity contribution in [1.82, 2.24) is 0 Å². The van der Waals surface area contributed by atoms with Gasteiger partial charge in [-0.2, -0.15) is 13.2 Å². The second-order valence-corrected chi connectivity index (χ2v) is 6.42.